The van der Waals surface area contributed by atoms with E-state index >= 15 is 0 Å². The van der Waals surface area contributed by atoms with Gasteiger partial charge in [-0.25, -0.2) is 0 Å². The van der Waals surface area contributed by atoms with E-state index in [4.69, 9.17) is 5.73 Å². The highest BCUT2D eigenvalue weighted by atomic mass is 16.1. The van der Waals surface area contributed by atoms with Crippen molar-refractivity contribution < 1.29 is 4.79 Å². The fourth-order valence-corrected chi connectivity index (χ4v) is 3.35. The Hall–Kier alpha value is -2.29. The minimum atomic E-state index is 0.142. The number of nitrogens with two attached hydrogens (primary N) is 1. The molecule has 120 valence electrons. The SMILES string of the molecule is Nc1ccc2c(c1)CCCC2NC(=O)CCCc1ccccc1. The maximum atomic E-state index is 12.2. The van der Waals surface area contributed by atoms with E-state index in [0.29, 0.717) is 6.42 Å². The third-order valence-corrected chi connectivity index (χ3v) is 4.53. The summed E-state index contributed by atoms with van der Waals surface area (Å²) in [7, 11) is 0. The third kappa shape index (κ3) is 4.13. The van der Waals surface area contributed by atoms with Crippen molar-refractivity contribution in [3.63, 3.8) is 0 Å². The van der Waals surface area contributed by atoms with Crippen molar-refractivity contribution in [2.24, 2.45) is 0 Å². The van der Waals surface area contributed by atoms with Gasteiger partial charge in [0.15, 0.2) is 0 Å². The summed E-state index contributed by atoms with van der Waals surface area (Å²) in [6, 6.07) is 16.5. The molecule has 1 amide bonds. The Morgan fingerprint density at radius 2 is 2.00 bits per heavy atom. The smallest absolute Gasteiger partial charge is 0.220 e. The van der Waals surface area contributed by atoms with Gasteiger partial charge in [0.05, 0.1) is 6.04 Å². The number of carbonyl (C=O) groups is 1. The summed E-state index contributed by atoms with van der Waals surface area (Å²) in [6.07, 6.45) is 5.59. The van der Waals surface area contributed by atoms with Crippen molar-refractivity contribution in [3.8, 4) is 0 Å². The second-order valence-corrected chi connectivity index (χ2v) is 6.31. The molecular weight excluding hydrogens is 284 g/mol. The van der Waals surface area contributed by atoms with Gasteiger partial charge in [-0.1, -0.05) is 36.4 Å². The highest BCUT2D eigenvalue weighted by molar-refractivity contribution is 5.76. The molecule has 0 fully saturated rings. The lowest BCUT2D eigenvalue weighted by Crippen LogP contribution is -2.30. The fourth-order valence-electron chi connectivity index (χ4n) is 3.35. The molecular formula is C20H24N2O. The van der Waals surface area contributed by atoms with E-state index in [9.17, 15) is 4.79 Å². The average Bonchev–Trinajstić information content (AvgIpc) is 2.56. The molecule has 23 heavy (non-hydrogen) atoms. The minimum absolute atomic E-state index is 0.142. The van der Waals surface area contributed by atoms with Gasteiger partial charge in [0.25, 0.3) is 0 Å². The van der Waals surface area contributed by atoms with Gasteiger partial charge in [-0.3, -0.25) is 4.79 Å². The molecule has 1 aliphatic carbocycles. The van der Waals surface area contributed by atoms with Crippen LogP contribution in [-0.2, 0) is 17.6 Å². The normalized spacial score (nSPS) is 16.6. The van der Waals surface area contributed by atoms with Gasteiger partial charge >= 0.3 is 0 Å². The van der Waals surface area contributed by atoms with E-state index in [-0.39, 0.29) is 11.9 Å². The first-order valence-corrected chi connectivity index (χ1v) is 8.44. The number of hydrogen-bond donors (Lipinski definition) is 2. The minimum Gasteiger partial charge on any atom is -0.399 e. The number of rotatable bonds is 5. The first-order chi connectivity index (χ1) is 11.2. The molecule has 0 saturated heterocycles. The van der Waals surface area contributed by atoms with Gasteiger partial charge in [-0.15, -0.1) is 0 Å². The molecule has 2 aromatic carbocycles. The van der Waals surface area contributed by atoms with E-state index in [1.807, 2.05) is 30.3 Å². The molecule has 1 atom stereocenters. The molecule has 1 unspecified atom stereocenters. The molecule has 0 aromatic heterocycles. The molecule has 1 aliphatic rings. The topological polar surface area (TPSA) is 55.1 Å². The summed E-state index contributed by atoms with van der Waals surface area (Å²) in [5, 5.41) is 3.20. The van der Waals surface area contributed by atoms with Gasteiger partial charge in [-0.2, -0.15) is 0 Å². The molecule has 0 saturated carbocycles. The number of carbonyl (C=O) groups excluding carboxylic acids is 1. The first kappa shape index (κ1) is 15.6. The first-order valence-electron chi connectivity index (χ1n) is 8.44. The highest BCUT2D eigenvalue weighted by Gasteiger charge is 2.21. The summed E-state index contributed by atoms with van der Waals surface area (Å²) in [4.78, 5) is 12.2. The number of aryl methyl sites for hydroxylation is 2. The van der Waals surface area contributed by atoms with Gasteiger partial charge in [-0.05, 0) is 60.9 Å². The second-order valence-electron chi connectivity index (χ2n) is 6.31. The van der Waals surface area contributed by atoms with Crippen molar-refractivity contribution in [2.45, 2.75) is 44.6 Å². The van der Waals surface area contributed by atoms with Gasteiger partial charge < -0.3 is 11.1 Å². The number of nitrogen functional groups attached to an aromatic ring is 1. The molecule has 3 N–H and O–H groups in total. The Bertz CT molecular complexity index is 667. The Labute approximate surface area is 137 Å². The van der Waals surface area contributed by atoms with E-state index in [1.165, 1.54) is 16.7 Å². The number of benzene rings is 2. The van der Waals surface area contributed by atoms with Crippen LogP contribution in [-0.4, -0.2) is 5.91 Å². The largest absolute Gasteiger partial charge is 0.399 e. The van der Waals surface area contributed by atoms with E-state index in [1.54, 1.807) is 0 Å². The molecule has 0 bridgehead atoms. The lowest BCUT2D eigenvalue weighted by Gasteiger charge is -2.26. The van der Waals surface area contributed by atoms with Crippen LogP contribution < -0.4 is 11.1 Å². The molecule has 3 heteroatoms. The summed E-state index contributed by atoms with van der Waals surface area (Å²) in [5.41, 5.74) is 10.5. The van der Waals surface area contributed by atoms with E-state index in [0.717, 1.165) is 37.8 Å². The fraction of sp³-hybridized carbons (Fsp3) is 0.350. The Morgan fingerprint density at radius 3 is 2.83 bits per heavy atom. The molecule has 0 spiro atoms. The summed E-state index contributed by atoms with van der Waals surface area (Å²) in [5.74, 6) is 0.149. The second kappa shape index (κ2) is 7.32. The maximum absolute atomic E-state index is 12.2. The Morgan fingerprint density at radius 1 is 1.17 bits per heavy atom. The zero-order valence-electron chi connectivity index (χ0n) is 13.4. The van der Waals surface area contributed by atoms with Crippen molar-refractivity contribution in [1.29, 1.82) is 0 Å². The predicted octanol–water partition coefficient (Wildman–Crippen LogP) is 3.79. The summed E-state index contributed by atoms with van der Waals surface area (Å²) < 4.78 is 0. The van der Waals surface area contributed by atoms with E-state index in [2.05, 4.69) is 23.5 Å². The number of amides is 1. The quantitative estimate of drug-likeness (QED) is 0.826. The van der Waals surface area contributed by atoms with Crippen LogP contribution in [0.1, 0.15) is 48.4 Å². The lowest BCUT2D eigenvalue weighted by molar-refractivity contribution is -0.122. The van der Waals surface area contributed by atoms with Crippen LogP contribution in [0, 0.1) is 0 Å². The molecule has 0 heterocycles. The average molecular weight is 308 g/mol. The Kier molecular flexibility index (Phi) is 4.96. The van der Waals surface area contributed by atoms with Crippen molar-refractivity contribution in [3.05, 3.63) is 65.2 Å². The standard InChI is InChI=1S/C20H24N2O/c21-17-12-13-18-16(14-17)9-5-10-19(18)22-20(23)11-4-8-15-6-2-1-3-7-15/h1-3,6-7,12-14,19H,4-5,8-11,21H2,(H,22,23). The maximum Gasteiger partial charge on any atom is 0.220 e. The number of fused-ring (bicyclic) bond motifs is 1. The van der Waals surface area contributed by atoms with Crippen molar-refractivity contribution >= 4 is 11.6 Å². The molecule has 0 aliphatic heterocycles. The lowest BCUT2D eigenvalue weighted by atomic mass is 9.87. The van der Waals surface area contributed by atoms with Gasteiger partial charge in [0.2, 0.25) is 5.91 Å². The van der Waals surface area contributed by atoms with Crippen LogP contribution in [0.5, 0.6) is 0 Å². The van der Waals surface area contributed by atoms with Crippen LogP contribution >= 0.6 is 0 Å². The Balaban J connectivity index is 1.53. The summed E-state index contributed by atoms with van der Waals surface area (Å²) >= 11 is 0. The van der Waals surface area contributed by atoms with E-state index < -0.39 is 0 Å². The van der Waals surface area contributed by atoms with Crippen LogP contribution in [0.4, 0.5) is 5.69 Å². The third-order valence-electron chi connectivity index (χ3n) is 4.53. The van der Waals surface area contributed by atoms with Gasteiger partial charge in [0.1, 0.15) is 0 Å². The zero-order valence-corrected chi connectivity index (χ0v) is 13.4. The number of nitrogens with one attached hydrogen (secondary N) is 1. The molecule has 3 rings (SSSR count). The van der Waals surface area contributed by atoms with Gasteiger partial charge in [0, 0.05) is 12.1 Å². The van der Waals surface area contributed by atoms with Crippen molar-refractivity contribution in [1.82, 2.24) is 5.32 Å². The zero-order chi connectivity index (χ0) is 16.1. The van der Waals surface area contributed by atoms with Crippen molar-refractivity contribution in [2.75, 3.05) is 5.73 Å². The molecule has 0 radical (unpaired) electrons. The molecule has 3 nitrogen and oxygen atoms in total. The summed E-state index contributed by atoms with van der Waals surface area (Å²) in [6.45, 7) is 0. The van der Waals surface area contributed by atoms with Crippen LogP contribution in [0.2, 0.25) is 0 Å². The van der Waals surface area contributed by atoms with Crippen LogP contribution in [0.15, 0.2) is 48.5 Å². The predicted molar refractivity (Wildman–Crippen MR) is 94.1 cm³/mol. The van der Waals surface area contributed by atoms with Crippen LogP contribution in [0.25, 0.3) is 0 Å². The number of anilines is 1. The molecule has 2 aromatic rings. The monoisotopic (exact) mass is 308 g/mol. The highest BCUT2D eigenvalue weighted by Crippen LogP contribution is 2.31. The van der Waals surface area contributed by atoms with Crippen LogP contribution in [0.3, 0.4) is 0 Å². The number of hydrogen-bond acceptors (Lipinski definition) is 2.